The minimum absolute atomic E-state index is 0. The molecule has 0 radical (unpaired) electrons. The first-order valence-electron chi connectivity index (χ1n) is 9.75. The number of halogens is 2. The van der Waals surface area contributed by atoms with Crippen molar-refractivity contribution in [3.63, 3.8) is 0 Å². The number of aromatic nitrogens is 4. The average molecular weight is 612 g/mol. The van der Waals surface area contributed by atoms with Gasteiger partial charge in [-0.3, -0.25) is 0 Å². The van der Waals surface area contributed by atoms with E-state index in [2.05, 4.69) is 92.6 Å². The van der Waals surface area contributed by atoms with Crippen LogP contribution < -0.4 is 24.8 Å². The van der Waals surface area contributed by atoms with Gasteiger partial charge in [0.15, 0.2) is 0 Å². The van der Waals surface area contributed by atoms with Gasteiger partial charge in [-0.2, -0.15) is 0 Å². The number of benzene rings is 2. The van der Waals surface area contributed by atoms with Crippen LogP contribution in [-0.2, 0) is 22.9 Å². The van der Waals surface area contributed by atoms with Crippen molar-refractivity contribution in [2.45, 2.75) is 7.35 Å². The zero-order chi connectivity index (χ0) is 19.2. The second-order valence-corrected chi connectivity index (χ2v) is 12.7. The van der Waals surface area contributed by atoms with E-state index in [1.54, 1.807) is 0 Å². The van der Waals surface area contributed by atoms with Crippen LogP contribution in [0.15, 0.2) is 85.5 Å². The molecule has 0 fully saturated rings. The maximum Gasteiger partial charge on any atom is -1.00 e. The molecule has 0 saturated carbocycles. The molecule has 0 bridgehead atoms. The van der Waals surface area contributed by atoms with Crippen molar-refractivity contribution in [2.75, 3.05) is 0 Å². The van der Waals surface area contributed by atoms with Gasteiger partial charge in [0.25, 0.3) is 0 Å². The fourth-order valence-electron chi connectivity index (χ4n) is 4.37. The van der Waals surface area contributed by atoms with E-state index in [0.717, 1.165) is 0 Å². The van der Waals surface area contributed by atoms with Crippen molar-refractivity contribution < 1.29 is 47.7 Å². The number of rotatable bonds is 4. The molecule has 152 valence electrons. The van der Waals surface area contributed by atoms with E-state index in [0.29, 0.717) is 7.35 Å². The van der Waals surface area contributed by atoms with Crippen LogP contribution in [0, 0.1) is 0 Å². The first-order chi connectivity index (χ1) is 14.4. The van der Waals surface area contributed by atoms with Crippen molar-refractivity contribution in [1.29, 1.82) is 0 Å². The predicted molar refractivity (Wildman–Crippen MR) is 111 cm³/mol. The molecule has 0 N–H and O–H groups in total. The van der Waals surface area contributed by atoms with Crippen LogP contribution in [-0.4, -0.2) is 19.6 Å². The summed E-state index contributed by atoms with van der Waals surface area (Å²) in [5, 5.41) is 9.13. The summed E-state index contributed by atoms with van der Waals surface area (Å²) in [6.45, 7) is 0. The van der Waals surface area contributed by atoms with E-state index in [-0.39, 0.29) is 24.8 Å². The smallest absolute Gasteiger partial charge is 1.00 e. The number of hydrogen-bond acceptors (Lipinski definition) is 2. The molecular formula is C24H18Cl2HfN4. The van der Waals surface area contributed by atoms with Gasteiger partial charge in [-0.05, 0) is 0 Å². The van der Waals surface area contributed by atoms with Crippen molar-refractivity contribution >= 4 is 23.5 Å². The van der Waals surface area contributed by atoms with E-state index in [1.807, 2.05) is 24.5 Å². The van der Waals surface area contributed by atoms with Crippen molar-refractivity contribution in [1.82, 2.24) is 19.6 Å². The summed E-state index contributed by atoms with van der Waals surface area (Å²) in [4.78, 5) is 0. The molecule has 4 nitrogen and oxygen atoms in total. The third-order valence-electron chi connectivity index (χ3n) is 5.68. The maximum absolute atomic E-state index is 4.57. The zero-order valence-electron chi connectivity index (χ0n) is 16.4. The van der Waals surface area contributed by atoms with E-state index >= 15 is 0 Å². The summed E-state index contributed by atoms with van der Waals surface area (Å²) in [6.07, 6.45) is 12.5. The van der Waals surface area contributed by atoms with E-state index < -0.39 is 22.9 Å². The molecule has 0 spiro atoms. The molecule has 31 heavy (non-hydrogen) atoms. The quantitative estimate of drug-likeness (QED) is 0.277. The third-order valence-corrected chi connectivity index (χ3v) is 12.4. The maximum atomic E-state index is 4.57. The molecule has 2 aromatic heterocycles. The van der Waals surface area contributed by atoms with Gasteiger partial charge in [0.2, 0.25) is 0 Å². The Balaban J connectivity index is 0.00000116. The average Bonchev–Trinajstić information content (AvgIpc) is 3.55. The Hall–Kier alpha value is -2.21. The Bertz CT molecular complexity index is 1150. The van der Waals surface area contributed by atoms with Crippen LogP contribution in [0.5, 0.6) is 0 Å². The van der Waals surface area contributed by atoms with Crippen LogP contribution in [0.25, 0.3) is 23.5 Å². The van der Waals surface area contributed by atoms with Crippen LogP contribution in [0.1, 0.15) is 29.6 Å². The number of hydrogen-bond donors (Lipinski definition) is 0. The minimum atomic E-state index is -1.30. The van der Waals surface area contributed by atoms with Gasteiger partial charge in [0, 0.05) is 0 Å². The van der Waals surface area contributed by atoms with Gasteiger partial charge < -0.3 is 24.8 Å². The summed E-state index contributed by atoms with van der Waals surface area (Å²) >= 11 is -1.30. The normalized spacial score (nSPS) is 18.1. The summed E-state index contributed by atoms with van der Waals surface area (Å²) in [7, 11) is 0. The van der Waals surface area contributed by atoms with Gasteiger partial charge in [-0.1, -0.05) is 0 Å². The zero-order valence-corrected chi connectivity index (χ0v) is 21.5. The van der Waals surface area contributed by atoms with Crippen LogP contribution in [0.4, 0.5) is 0 Å². The fourth-order valence-corrected chi connectivity index (χ4v) is 11.5. The topological polar surface area (TPSA) is 35.6 Å². The Labute approximate surface area is 204 Å². The standard InChI is InChI=1S/2C12H9N2.2ClH.Hf/c2*1-2-5-11-9-12(8-10(11)4-1)14-7-3-6-13-14;;;/h2*1-9H;2*1H;/q;;;;+2/p-2. The molecule has 0 aliphatic heterocycles. The first-order valence-corrected chi connectivity index (χ1v) is 13.9. The molecule has 2 aliphatic rings. The Morgan fingerprint density at radius 3 is 1.48 bits per heavy atom. The Morgan fingerprint density at radius 1 is 0.613 bits per heavy atom. The molecule has 4 aromatic rings. The molecule has 0 amide bonds. The van der Waals surface area contributed by atoms with E-state index in [4.69, 9.17) is 0 Å². The molecule has 2 atom stereocenters. The molecule has 2 heterocycles. The molecule has 0 saturated heterocycles. The van der Waals surface area contributed by atoms with Crippen LogP contribution >= 0.6 is 0 Å². The molecule has 2 unspecified atom stereocenters. The predicted octanol–water partition coefficient (Wildman–Crippen LogP) is -1.02. The van der Waals surface area contributed by atoms with Gasteiger partial charge in [-0.15, -0.1) is 0 Å². The molecule has 2 aromatic carbocycles. The van der Waals surface area contributed by atoms with Gasteiger partial charge in [0.1, 0.15) is 0 Å². The van der Waals surface area contributed by atoms with Crippen molar-refractivity contribution in [3.8, 4) is 0 Å². The van der Waals surface area contributed by atoms with Crippen molar-refractivity contribution in [3.05, 3.63) is 108 Å². The summed E-state index contributed by atoms with van der Waals surface area (Å²) in [5.74, 6) is 0. The third kappa shape index (κ3) is 3.79. The molecular weight excluding hydrogens is 594 g/mol. The monoisotopic (exact) mass is 612 g/mol. The Morgan fingerprint density at radius 2 is 1.06 bits per heavy atom. The second-order valence-electron chi connectivity index (χ2n) is 7.33. The van der Waals surface area contributed by atoms with Gasteiger partial charge in [0.05, 0.1) is 0 Å². The van der Waals surface area contributed by atoms with E-state index in [9.17, 15) is 0 Å². The summed E-state index contributed by atoms with van der Waals surface area (Å²) < 4.78 is 5.08. The summed E-state index contributed by atoms with van der Waals surface area (Å²) in [5.41, 5.74) is 8.25. The van der Waals surface area contributed by atoms with Gasteiger partial charge >= 0.3 is 181 Å². The molecule has 7 heteroatoms. The van der Waals surface area contributed by atoms with Gasteiger partial charge in [-0.25, -0.2) is 0 Å². The molecule has 2 aliphatic carbocycles. The molecule has 6 rings (SSSR count). The second kappa shape index (κ2) is 9.11. The minimum Gasteiger partial charge on any atom is -1.00 e. The van der Waals surface area contributed by atoms with Crippen molar-refractivity contribution in [2.24, 2.45) is 0 Å². The fraction of sp³-hybridized carbons (Fsp3) is 0.0833. The van der Waals surface area contributed by atoms with Crippen LogP contribution in [0.3, 0.4) is 0 Å². The number of allylic oxidation sites excluding steroid dienone is 2. The van der Waals surface area contributed by atoms with Crippen LogP contribution in [0.2, 0.25) is 0 Å². The number of nitrogens with zero attached hydrogens (tertiary/aromatic N) is 4. The SMILES string of the molecule is C1=C(n2cccn2)[CH]([Hf+2][CH]2C(n3cccn3)=Cc3ccccc32)c2ccccc21.[Cl-].[Cl-]. The number of fused-ring (bicyclic) bond motifs is 2. The van der Waals surface area contributed by atoms with E-state index in [1.165, 1.54) is 33.6 Å². The first kappa shape index (κ1) is 22.0. The summed E-state index contributed by atoms with van der Waals surface area (Å²) in [6, 6.07) is 21.7. The largest absolute Gasteiger partial charge is 1.00 e. The Kier molecular flexibility index (Phi) is 6.47.